The summed E-state index contributed by atoms with van der Waals surface area (Å²) in [5, 5.41) is 10.4. The highest BCUT2D eigenvalue weighted by atomic mass is 16.2. The van der Waals surface area contributed by atoms with E-state index in [2.05, 4.69) is 50.0 Å². The van der Waals surface area contributed by atoms with Crippen LogP contribution in [0.2, 0.25) is 0 Å². The predicted molar refractivity (Wildman–Crippen MR) is 263 cm³/mol. The van der Waals surface area contributed by atoms with Gasteiger partial charge in [0.25, 0.3) is 5.56 Å². The molecule has 0 saturated heterocycles. The molecular formula is C54H57N7O4. The van der Waals surface area contributed by atoms with Gasteiger partial charge in [0.2, 0.25) is 11.9 Å². The molecule has 0 amide bonds. The Morgan fingerprint density at radius 2 is 1.26 bits per heavy atom. The number of fused-ring (bicyclic) bond motifs is 2. The number of unbranched alkanes of at least 4 members (excludes halogenated alkanes) is 10. The van der Waals surface area contributed by atoms with E-state index in [-0.39, 0.29) is 35.4 Å². The van der Waals surface area contributed by atoms with Crippen molar-refractivity contribution in [1.29, 1.82) is 0 Å². The molecule has 0 unspecified atom stereocenters. The summed E-state index contributed by atoms with van der Waals surface area (Å²) >= 11 is 0. The van der Waals surface area contributed by atoms with E-state index in [0.29, 0.717) is 62.3 Å². The summed E-state index contributed by atoms with van der Waals surface area (Å²) in [5.74, 6) is -0.125. The number of aryl methyl sites for hydroxylation is 1. The van der Waals surface area contributed by atoms with E-state index in [1.54, 1.807) is 22.8 Å². The van der Waals surface area contributed by atoms with Crippen LogP contribution in [0.1, 0.15) is 129 Å². The smallest absolute Gasteiger partial charge is 0.351 e. The fourth-order valence-electron chi connectivity index (χ4n) is 8.85. The number of aromatic amines is 1. The third-order valence-electron chi connectivity index (χ3n) is 12.1. The van der Waals surface area contributed by atoms with Crippen LogP contribution in [0.15, 0.2) is 125 Å². The number of para-hydroxylation sites is 1. The van der Waals surface area contributed by atoms with Crippen LogP contribution in [0.4, 0.5) is 34.6 Å². The van der Waals surface area contributed by atoms with Crippen LogP contribution in [0, 0.1) is 0 Å². The van der Waals surface area contributed by atoms with Gasteiger partial charge in [-0.25, -0.2) is 4.79 Å². The zero-order chi connectivity index (χ0) is 45.1. The minimum atomic E-state index is -0.566. The summed E-state index contributed by atoms with van der Waals surface area (Å²) in [6, 6.07) is 35.6. The summed E-state index contributed by atoms with van der Waals surface area (Å²) in [4.78, 5) is 67.4. The molecule has 1 aliphatic rings. The SMILES string of the molecule is CCCCCCCCCCCCc1ccc(Nc2nc(Nc3cccc(Nc4ccc5c6c4C(=O)c4ccccc4-c6c(C(=O)CCCC)c(=O)n5-c4ccccc4)c3)[nH]c(=O)n2)cc1. The number of H-pyrrole nitrogens is 1. The van der Waals surface area contributed by atoms with Crippen molar-refractivity contribution in [3.05, 3.63) is 158 Å². The number of carbonyl (C=O) groups excluding carboxylic acids is 2. The van der Waals surface area contributed by atoms with E-state index in [9.17, 15) is 19.2 Å². The summed E-state index contributed by atoms with van der Waals surface area (Å²) in [7, 11) is 0. The first-order chi connectivity index (χ1) is 31.8. The van der Waals surface area contributed by atoms with E-state index in [0.717, 1.165) is 18.5 Å². The van der Waals surface area contributed by atoms with Crippen molar-refractivity contribution in [2.24, 2.45) is 0 Å². The first-order valence-electron chi connectivity index (χ1n) is 23.3. The largest absolute Gasteiger partial charge is 0.355 e. The molecule has 7 aromatic rings. The van der Waals surface area contributed by atoms with E-state index in [4.69, 9.17) is 0 Å². The molecule has 8 rings (SSSR count). The van der Waals surface area contributed by atoms with E-state index < -0.39 is 11.2 Å². The number of hydrogen-bond donors (Lipinski definition) is 4. The van der Waals surface area contributed by atoms with Crippen LogP contribution in [-0.4, -0.2) is 31.1 Å². The van der Waals surface area contributed by atoms with Gasteiger partial charge in [0.1, 0.15) is 0 Å². The second kappa shape index (κ2) is 21.0. The van der Waals surface area contributed by atoms with E-state index in [1.165, 1.54) is 69.8 Å². The zero-order valence-electron chi connectivity index (χ0n) is 37.3. The molecule has 0 fully saturated rings. The van der Waals surface area contributed by atoms with Crippen molar-refractivity contribution in [2.75, 3.05) is 16.0 Å². The van der Waals surface area contributed by atoms with Gasteiger partial charge in [-0.3, -0.25) is 23.9 Å². The van der Waals surface area contributed by atoms with Crippen molar-refractivity contribution < 1.29 is 9.59 Å². The fraction of sp³-hybridized carbons (Fsp3) is 0.296. The normalized spacial score (nSPS) is 11.7. The summed E-state index contributed by atoms with van der Waals surface area (Å²) < 4.78 is 1.55. The number of Topliss-reactive ketones (excluding diaryl/α,β-unsaturated/α-hetero) is 1. The molecule has 2 aromatic heterocycles. The molecule has 0 atom stereocenters. The molecule has 0 radical (unpaired) electrons. The van der Waals surface area contributed by atoms with E-state index in [1.807, 2.05) is 91.9 Å². The molecule has 0 saturated carbocycles. The van der Waals surface area contributed by atoms with Gasteiger partial charge in [0, 0.05) is 45.7 Å². The molecule has 0 bridgehead atoms. The molecule has 11 nitrogen and oxygen atoms in total. The standard InChI is InChI=1S/C54H57N7O4/c1-3-5-7-8-9-10-11-12-13-15-21-36-29-31-37(32-30-36)56-52-58-53(60-54(65)59-52)57-39-23-20-22-38(35-39)55-43-33-34-44-48-46(41-26-18-19-27-42(41)50(63)47(43)48)49(45(62)28-6-4-2)51(64)61(44)40-24-16-14-17-25-40/h14,16-20,22-27,29-35,55H,3-13,15,21,28H2,1-2H3,(H3,56,57,58,59,60,65). The van der Waals surface area contributed by atoms with Gasteiger partial charge in [-0.2, -0.15) is 9.97 Å². The first kappa shape index (κ1) is 44.5. The molecule has 0 aliphatic heterocycles. The van der Waals surface area contributed by atoms with Crippen molar-refractivity contribution in [2.45, 2.75) is 104 Å². The maximum atomic E-state index is 14.6. The lowest BCUT2D eigenvalue weighted by Crippen LogP contribution is -2.29. The second-order valence-corrected chi connectivity index (χ2v) is 16.9. The molecular weight excluding hydrogens is 811 g/mol. The zero-order valence-corrected chi connectivity index (χ0v) is 37.3. The van der Waals surface area contributed by atoms with Gasteiger partial charge in [-0.05, 0) is 85.0 Å². The highest BCUT2D eigenvalue weighted by Crippen LogP contribution is 2.44. The molecule has 65 heavy (non-hydrogen) atoms. The van der Waals surface area contributed by atoms with Crippen LogP contribution in [-0.2, 0) is 6.42 Å². The summed E-state index contributed by atoms with van der Waals surface area (Å²) in [5.41, 5.74) is 5.89. The minimum Gasteiger partial charge on any atom is -0.355 e. The quantitative estimate of drug-likeness (QED) is 0.0385. The van der Waals surface area contributed by atoms with Crippen LogP contribution in [0.5, 0.6) is 0 Å². The van der Waals surface area contributed by atoms with Crippen LogP contribution in [0.25, 0.3) is 27.7 Å². The molecule has 0 spiro atoms. The number of pyridine rings is 1. The second-order valence-electron chi connectivity index (χ2n) is 16.9. The average Bonchev–Trinajstić information content (AvgIpc) is 3.31. The third kappa shape index (κ3) is 10.3. The van der Waals surface area contributed by atoms with Crippen molar-refractivity contribution in [3.63, 3.8) is 0 Å². The van der Waals surface area contributed by atoms with Crippen molar-refractivity contribution in [3.8, 4) is 16.8 Å². The fourth-order valence-corrected chi connectivity index (χ4v) is 8.85. The molecule has 11 heteroatoms. The van der Waals surface area contributed by atoms with Crippen LogP contribution >= 0.6 is 0 Å². The number of carbonyl (C=O) groups is 2. The predicted octanol–water partition coefficient (Wildman–Crippen LogP) is 12.7. The third-order valence-corrected chi connectivity index (χ3v) is 12.1. The number of ketones is 2. The first-order valence-corrected chi connectivity index (χ1v) is 23.3. The lowest BCUT2D eigenvalue weighted by Gasteiger charge is -2.26. The highest BCUT2D eigenvalue weighted by molar-refractivity contribution is 6.30. The number of anilines is 6. The lowest BCUT2D eigenvalue weighted by atomic mass is 9.80. The topological polar surface area (TPSA) is 151 Å². The van der Waals surface area contributed by atoms with Crippen LogP contribution in [0.3, 0.4) is 0 Å². The number of hydrogen-bond acceptors (Lipinski definition) is 9. The Hall–Kier alpha value is -7.14. The van der Waals surface area contributed by atoms with Crippen LogP contribution < -0.4 is 27.2 Å². The highest BCUT2D eigenvalue weighted by Gasteiger charge is 2.34. The Balaban J connectivity index is 1.02. The summed E-state index contributed by atoms with van der Waals surface area (Å²) in [6.07, 6.45) is 15.8. The van der Waals surface area contributed by atoms with Crippen molar-refractivity contribution in [1.82, 2.24) is 19.5 Å². The van der Waals surface area contributed by atoms with Gasteiger partial charge in [-0.15, -0.1) is 0 Å². The van der Waals surface area contributed by atoms with Gasteiger partial charge in [0.15, 0.2) is 11.6 Å². The number of rotatable bonds is 22. The van der Waals surface area contributed by atoms with Gasteiger partial charge in [-0.1, -0.05) is 139 Å². The molecule has 2 heterocycles. The Morgan fingerprint density at radius 3 is 1.98 bits per heavy atom. The van der Waals surface area contributed by atoms with Gasteiger partial charge in [0.05, 0.1) is 22.3 Å². The van der Waals surface area contributed by atoms with Gasteiger partial charge < -0.3 is 16.0 Å². The average molecular weight is 868 g/mol. The monoisotopic (exact) mass is 867 g/mol. The molecule has 4 N–H and O–H groups in total. The Morgan fingerprint density at radius 1 is 0.600 bits per heavy atom. The number of nitrogens with one attached hydrogen (secondary N) is 4. The summed E-state index contributed by atoms with van der Waals surface area (Å²) in [6.45, 7) is 4.27. The number of aromatic nitrogens is 4. The Kier molecular flexibility index (Phi) is 14.4. The van der Waals surface area contributed by atoms with Crippen molar-refractivity contribution >= 4 is 57.1 Å². The maximum absolute atomic E-state index is 14.6. The van der Waals surface area contributed by atoms with Gasteiger partial charge >= 0.3 is 5.69 Å². The Labute approximate surface area is 379 Å². The van der Waals surface area contributed by atoms with E-state index >= 15 is 0 Å². The molecule has 332 valence electrons. The number of nitrogens with zero attached hydrogens (tertiary/aromatic N) is 3. The minimum absolute atomic E-state index is 0.0867. The lowest BCUT2D eigenvalue weighted by molar-refractivity contribution is 0.0976. The number of benzene rings is 5. The molecule has 1 aliphatic carbocycles. The Bertz CT molecular complexity index is 2920. The molecule has 5 aromatic carbocycles. The maximum Gasteiger partial charge on any atom is 0.351 e.